The van der Waals surface area contributed by atoms with Crippen LogP contribution in [0.1, 0.15) is 35.2 Å². The molecule has 0 radical (unpaired) electrons. The lowest BCUT2D eigenvalue weighted by molar-refractivity contribution is 0.0570. The molecule has 124 valence electrons. The summed E-state index contributed by atoms with van der Waals surface area (Å²) < 4.78 is 0. The Labute approximate surface area is 141 Å². The van der Waals surface area contributed by atoms with E-state index >= 15 is 0 Å². The molecule has 5 heteroatoms. The van der Waals surface area contributed by atoms with Crippen LogP contribution in [0.3, 0.4) is 0 Å². The number of carbonyl (C=O) groups excluding carboxylic acids is 1. The van der Waals surface area contributed by atoms with Crippen LogP contribution in [-0.4, -0.2) is 44.6 Å². The first-order chi connectivity index (χ1) is 11.7. The number of hydrogen-bond acceptors (Lipinski definition) is 4. The van der Waals surface area contributed by atoms with Crippen molar-refractivity contribution in [2.75, 3.05) is 6.61 Å². The van der Waals surface area contributed by atoms with Crippen LogP contribution in [0.25, 0.3) is 0 Å². The van der Waals surface area contributed by atoms with E-state index in [-0.39, 0.29) is 30.0 Å². The van der Waals surface area contributed by atoms with Crippen LogP contribution in [-0.2, 0) is 6.42 Å². The number of aliphatic hydroxyl groups excluding tert-OH is 1. The third-order valence-electron chi connectivity index (χ3n) is 5.61. The summed E-state index contributed by atoms with van der Waals surface area (Å²) in [6.07, 6.45) is 8.22. The Bertz CT molecular complexity index is 722. The van der Waals surface area contributed by atoms with Crippen molar-refractivity contribution < 1.29 is 9.90 Å². The SMILES string of the molecule is O=C(c1cncnc1)N1[C@@H]2CC[C@H]1[C@](CO)(Cc1ccccc1)C2. The zero-order valence-electron chi connectivity index (χ0n) is 13.5. The van der Waals surface area contributed by atoms with E-state index in [2.05, 4.69) is 22.1 Å². The van der Waals surface area contributed by atoms with Gasteiger partial charge in [0, 0.05) is 29.9 Å². The summed E-state index contributed by atoms with van der Waals surface area (Å²) in [7, 11) is 0. The van der Waals surface area contributed by atoms with Gasteiger partial charge in [-0.2, -0.15) is 0 Å². The van der Waals surface area contributed by atoms with Gasteiger partial charge in [0.05, 0.1) is 12.2 Å². The van der Waals surface area contributed by atoms with Gasteiger partial charge < -0.3 is 10.0 Å². The predicted octanol–water partition coefficient (Wildman–Crippen LogP) is 2.07. The molecule has 1 aromatic carbocycles. The second-order valence-electron chi connectivity index (χ2n) is 6.97. The lowest BCUT2D eigenvalue weighted by Crippen LogP contribution is -2.44. The highest BCUT2D eigenvalue weighted by Gasteiger charge is 2.57. The van der Waals surface area contributed by atoms with Crippen LogP contribution in [0.2, 0.25) is 0 Å². The first-order valence-corrected chi connectivity index (χ1v) is 8.46. The summed E-state index contributed by atoms with van der Waals surface area (Å²) in [6, 6.07) is 10.5. The number of benzene rings is 1. The van der Waals surface area contributed by atoms with Gasteiger partial charge >= 0.3 is 0 Å². The quantitative estimate of drug-likeness (QED) is 0.935. The van der Waals surface area contributed by atoms with Crippen molar-refractivity contribution in [1.82, 2.24) is 14.9 Å². The summed E-state index contributed by atoms with van der Waals surface area (Å²) >= 11 is 0. The fourth-order valence-electron chi connectivity index (χ4n) is 4.57. The molecule has 1 N–H and O–H groups in total. The highest BCUT2D eigenvalue weighted by atomic mass is 16.3. The summed E-state index contributed by atoms with van der Waals surface area (Å²) in [6.45, 7) is 0.109. The van der Waals surface area contributed by atoms with E-state index in [9.17, 15) is 9.90 Å². The minimum absolute atomic E-state index is 0.00788. The molecule has 2 aromatic rings. The highest BCUT2D eigenvalue weighted by molar-refractivity contribution is 5.94. The van der Waals surface area contributed by atoms with Gasteiger partial charge in [-0.3, -0.25) is 4.79 Å². The van der Waals surface area contributed by atoms with Crippen LogP contribution >= 0.6 is 0 Å². The molecule has 0 aliphatic carbocycles. The fraction of sp³-hybridized carbons (Fsp3) is 0.421. The van der Waals surface area contributed by atoms with E-state index in [1.54, 1.807) is 12.4 Å². The normalized spacial score (nSPS) is 28.3. The summed E-state index contributed by atoms with van der Waals surface area (Å²) in [5, 5.41) is 10.2. The Morgan fingerprint density at radius 1 is 1.21 bits per heavy atom. The van der Waals surface area contributed by atoms with Crippen molar-refractivity contribution in [2.45, 2.75) is 37.8 Å². The molecule has 2 fully saturated rings. The lowest BCUT2D eigenvalue weighted by Gasteiger charge is -2.36. The number of rotatable bonds is 4. The standard InChI is InChI=1S/C19H21N3O2/c23-12-19(8-14-4-2-1-3-5-14)9-16-6-7-17(19)22(16)18(24)15-10-20-13-21-11-15/h1-5,10-11,13,16-17,23H,6-9,12H2/t16-,17+,19-/m1/s1. The van der Waals surface area contributed by atoms with Crippen molar-refractivity contribution in [3.8, 4) is 0 Å². The molecule has 24 heavy (non-hydrogen) atoms. The van der Waals surface area contributed by atoms with Gasteiger partial charge in [-0.15, -0.1) is 0 Å². The minimum Gasteiger partial charge on any atom is -0.396 e. The van der Waals surface area contributed by atoms with Gasteiger partial charge in [0.25, 0.3) is 5.91 Å². The van der Waals surface area contributed by atoms with E-state index in [0.717, 1.165) is 25.7 Å². The van der Waals surface area contributed by atoms with Crippen LogP contribution in [0.4, 0.5) is 0 Å². The molecule has 2 bridgehead atoms. The molecule has 4 rings (SSSR count). The van der Waals surface area contributed by atoms with Crippen LogP contribution in [0, 0.1) is 5.41 Å². The van der Waals surface area contributed by atoms with Gasteiger partial charge in [-0.25, -0.2) is 9.97 Å². The van der Waals surface area contributed by atoms with E-state index < -0.39 is 0 Å². The van der Waals surface area contributed by atoms with Crippen LogP contribution < -0.4 is 0 Å². The molecule has 0 spiro atoms. The Hall–Kier alpha value is -2.27. The molecular formula is C19H21N3O2. The monoisotopic (exact) mass is 323 g/mol. The maximum absolute atomic E-state index is 12.9. The molecule has 1 aromatic heterocycles. The molecule has 2 aliphatic rings. The molecule has 3 atom stereocenters. The molecule has 0 unspecified atom stereocenters. The topological polar surface area (TPSA) is 66.3 Å². The summed E-state index contributed by atoms with van der Waals surface area (Å²) in [5.74, 6) is -0.00788. The average Bonchev–Trinajstić information content (AvgIpc) is 3.19. The molecule has 1 amide bonds. The Balaban J connectivity index is 1.62. The molecule has 3 heterocycles. The van der Waals surface area contributed by atoms with Gasteiger partial charge in [0.2, 0.25) is 0 Å². The van der Waals surface area contributed by atoms with Crippen LogP contribution in [0.15, 0.2) is 49.1 Å². The Morgan fingerprint density at radius 3 is 2.67 bits per heavy atom. The van der Waals surface area contributed by atoms with Gasteiger partial charge in [0.15, 0.2) is 0 Å². The smallest absolute Gasteiger partial charge is 0.257 e. The fourth-order valence-corrected chi connectivity index (χ4v) is 4.57. The molecule has 0 saturated carbocycles. The zero-order chi connectivity index (χ0) is 16.6. The molecule has 2 aliphatic heterocycles. The molecular weight excluding hydrogens is 302 g/mol. The van der Waals surface area contributed by atoms with E-state index in [1.165, 1.54) is 11.9 Å². The van der Waals surface area contributed by atoms with Crippen molar-refractivity contribution in [1.29, 1.82) is 0 Å². The number of fused-ring (bicyclic) bond motifs is 2. The predicted molar refractivity (Wildman–Crippen MR) is 89.3 cm³/mol. The first kappa shape index (κ1) is 15.3. The van der Waals surface area contributed by atoms with Gasteiger partial charge in [-0.1, -0.05) is 30.3 Å². The number of nitrogens with zero attached hydrogens (tertiary/aromatic N) is 3. The second-order valence-corrected chi connectivity index (χ2v) is 6.97. The third kappa shape index (κ3) is 2.40. The second kappa shape index (κ2) is 5.98. The van der Waals surface area contributed by atoms with Crippen molar-refractivity contribution in [2.24, 2.45) is 5.41 Å². The lowest BCUT2D eigenvalue weighted by atomic mass is 9.70. The van der Waals surface area contributed by atoms with E-state index in [0.29, 0.717) is 5.56 Å². The van der Waals surface area contributed by atoms with Crippen LogP contribution in [0.5, 0.6) is 0 Å². The van der Waals surface area contributed by atoms with E-state index in [4.69, 9.17) is 0 Å². The zero-order valence-corrected chi connectivity index (χ0v) is 13.5. The van der Waals surface area contributed by atoms with Crippen molar-refractivity contribution in [3.63, 3.8) is 0 Å². The number of carbonyl (C=O) groups is 1. The third-order valence-corrected chi connectivity index (χ3v) is 5.61. The van der Waals surface area contributed by atoms with Gasteiger partial charge in [0.1, 0.15) is 6.33 Å². The van der Waals surface area contributed by atoms with Crippen molar-refractivity contribution in [3.05, 3.63) is 60.2 Å². The highest BCUT2D eigenvalue weighted by Crippen LogP contribution is 2.51. The minimum atomic E-state index is -0.241. The number of hydrogen-bond donors (Lipinski definition) is 1. The average molecular weight is 323 g/mol. The number of aromatic nitrogens is 2. The van der Waals surface area contributed by atoms with Crippen molar-refractivity contribution >= 4 is 5.91 Å². The largest absolute Gasteiger partial charge is 0.396 e. The summed E-state index contributed by atoms with van der Waals surface area (Å²) in [5.41, 5.74) is 1.51. The van der Waals surface area contributed by atoms with E-state index in [1.807, 2.05) is 23.1 Å². The number of aliphatic hydroxyl groups is 1. The summed E-state index contributed by atoms with van der Waals surface area (Å²) in [4.78, 5) is 22.8. The Kier molecular flexibility index (Phi) is 3.81. The molecule has 5 nitrogen and oxygen atoms in total. The maximum Gasteiger partial charge on any atom is 0.257 e. The molecule has 2 saturated heterocycles. The maximum atomic E-state index is 12.9. The Morgan fingerprint density at radius 2 is 1.96 bits per heavy atom. The number of amides is 1. The first-order valence-electron chi connectivity index (χ1n) is 8.46. The van der Waals surface area contributed by atoms with Gasteiger partial charge in [-0.05, 0) is 31.2 Å².